The first-order valence-electron chi connectivity index (χ1n) is 9.47. The Morgan fingerprint density at radius 2 is 1.96 bits per heavy atom. The van der Waals surface area contributed by atoms with E-state index in [0.717, 1.165) is 38.4 Å². The highest BCUT2D eigenvalue weighted by atomic mass is 35.5. The highest BCUT2D eigenvalue weighted by Gasteiger charge is 2.44. The van der Waals surface area contributed by atoms with Gasteiger partial charge in [0.15, 0.2) is 0 Å². The van der Waals surface area contributed by atoms with E-state index in [1.165, 1.54) is 4.57 Å². The van der Waals surface area contributed by atoms with Crippen molar-refractivity contribution < 1.29 is 4.74 Å². The van der Waals surface area contributed by atoms with E-state index in [2.05, 4.69) is 4.90 Å². The van der Waals surface area contributed by atoms with Gasteiger partial charge in [-0.1, -0.05) is 29.3 Å². The summed E-state index contributed by atoms with van der Waals surface area (Å²) in [6, 6.07) is 5.33. The Bertz CT molecular complexity index is 967. The summed E-state index contributed by atoms with van der Waals surface area (Å²) in [6.07, 6.45) is 1.88. The zero-order chi connectivity index (χ0) is 20.1. The SMILES string of the molecule is Cc1c(N2CCC3(CC2)COC[C@@H]3N)nc(C)n(-c2cccc(Cl)c2Cl)c1=O. The molecule has 2 aliphatic rings. The first-order chi connectivity index (χ1) is 13.3. The second kappa shape index (κ2) is 7.34. The number of benzene rings is 1. The van der Waals surface area contributed by atoms with Crippen LogP contribution in [0.15, 0.2) is 23.0 Å². The minimum atomic E-state index is -0.132. The number of piperidine rings is 1. The molecule has 2 aliphatic heterocycles. The Morgan fingerprint density at radius 3 is 2.61 bits per heavy atom. The molecule has 1 aromatic carbocycles. The summed E-state index contributed by atoms with van der Waals surface area (Å²) in [6.45, 7) is 6.61. The van der Waals surface area contributed by atoms with Crippen LogP contribution in [-0.4, -0.2) is 41.9 Å². The third-order valence-electron chi connectivity index (χ3n) is 6.15. The number of halogens is 2. The fourth-order valence-electron chi connectivity index (χ4n) is 4.31. The predicted molar refractivity (Wildman–Crippen MR) is 112 cm³/mol. The maximum absolute atomic E-state index is 13.2. The van der Waals surface area contributed by atoms with Crippen molar-refractivity contribution in [3.63, 3.8) is 0 Å². The van der Waals surface area contributed by atoms with Crippen molar-refractivity contribution in [1.29, 1.82) is 0 Å². The second-order valence-corrected chi connectivity index (χ2v) is 8.58. The molecule has 2 aromatic rings. The topological polar surface area (TPSA) is 73.4 Å². The number of rotatable bonds is 2. The lowest BCUT2D eigenvalue weighted by Crippen LogP contribution is -2.49. The van der Waals surface area contributed by atoms with Gasteiger partial charge in [-0.25, -0.2) is 4.98 Å². The Labute approximate surface area is 174 Å². The van der Waals surface area contributed by atoms with Gasteiger partial charge in [0.25, 0.3) is 5.56 Å². The zero-order valence-electron chi connectivity index (χ0n) is 16.0. The van der Waals surface area contributed by atoms with Gasteiger partial charge in [-0.2, -0.15) is 0 Å². The van der Waals surface area contributed by atoms with Crippen LogP contribution in [0, 0.1) is 19.3 Å². The normalized spacial score (nSPS) is 21.5. The summed E-state index contributed by atoms with van der Waals surface area (Å²) in [5.41, 5.74) is 7.36. The monoisotopic (exact) mass is 422 g/mol. The van der Waals surface area contributed by atoms with E-state index in [-0.39, 0.29) is 17.0 Å². The number of ether oxygens (including phenoxy) is 1. The summed E-state index contributed by atoms with van der Waals surface area (Å²) in [5, 5.41) is 0.752. The number of anilines is 1. The van der Waals surface area contributed by atoms with E-state index >= 15 is 0 Å². The Morgan fingerprint density at radius 1 is 1.25 bits per heavy atom. The van der Waals surface area contributed by atoms with Crippen molar-refractivity contribution in [3.05, 3.63) is 50.0 Å². The maximum atomic E-state index is 13.2. The second-order valence-electron chi connectivity index (χ2n) is 7.79. The molecule has 150 valence electrons. The molecule has 4 rings (SSSR count). The summed E-state index contributed by atoms with van der Waals surface area (Å²) < 4.78 is 7.13. The van der Waals surface area contributed by atoms with Crippen molar-refractivity contribution in [2.75, 3.05) is 31.2 Å². The molecule has 0 bridgehead atoms. The highest BCUT2D eigenvalue weighted by Crippen LogP contribution is 2.39. The number of hydrogen-bond acceptors (Lipinski definition) is 5. The van der Waals surface area contributed by atoms with Gasteiger partial charge in [0, 0.05) is 24.5 Å². The molecule has 0 aliphatic carbocycles. The first kappa shape index (κ1) is 19.7. The molecule has 1 spiro atoms. The van der Waals surface area contributed by atoms with Crippen molar-refractivity contribution in [1.82, 2.24) is 9.55 Å². The number of aryl methyl sites for hydroxylation is 1. The minimum absolute atomic E-state index is 0.0583. The number of hydrogen-bond donors (Lipinski definition) is 1. The summed E-state index contributed by atoms with van der Waals surface area (Å²) in [7, 11) is 0. The van der Waals surface area contributed by atoms with Crippen LogP contribution >= 0.6 is 23.2 Å². The van der Waals surface area contributed by atoms with Crippen molar-refractivity contribution >= 4 is 29.0 Å². The molecule has 0 unspecified atom stereocenters. The smallest absolute Gasteiger partial charge is 0.263 e. The minimum Gasteiger partial charge on any atom is -0.379 e. The van der Waals surface area contributed by atoms with Crippen LogP contribution in [-0.2, 0) is 4.74 Å². The molecular weight excluding hydrogens is 399 g/mol. The first-order valence-corrected chi connectivity index (χ1v) is 10.2. The van der Waals surface area contributed by atoms with Crippen LogP contribution in [0.3, 0.4) is 0 Å². The molecule has 6 nitrogen and oxygen atoms in total. The van der Waals surface area contributed by atoms with Crippen LogP contribution < -0.4 is 16.2 Å². The summed E-state index contributed by atoms with van der Waals surface area (Å²) in [5.74, 6) is 1.31. The fraction of sp³-hybridized carbons (Fsp3) is 0.500. The molecule has 0 amide bonds. The molecular formula is C20H24Cl2N4O2. The Balaban J connectivity index is 1.68. The molecule has 2 fully saturated rings. The van der Waals surface area contributed by atoms with Gasteiger partial charge in [-0.3, -0.25) is 9.36 Å². The Kier molecular flexibility index (Phi) is 5.16. The molecule has 0 saturated carbocycles. The van der Waals surface area contributed by atoms with E-state index in [1.54, 1.807) is 18.2 Å². The summed E-state index contributed by atoms with van der Waals surface area (Å²) >= 11 is 12.5. The van der Waals surface area contributed by atoms with E-state index in [4.69, 9.17) is 38.7 Å². The van der Waals surface area contributed by atoms with E-state index in [1.807, 2.05) is 13.8 Å². The number of nitrogens with zero attached hydrogens (tertiary/aromatic N) is 3. The van der Waals surface area contributed by atoms with Crippen LogP contribution in [0.4, 0.5) is 5.82 Å². The van der Waals surface area contributed by atoms with E-state index in [0.29, 0.717) is 33.7 Å². The lowest BCUT2D eigenvalue weighted by molar-refractivity contribution is 0.131. The van der Waals surface area contributed by atoms with Crippen LogP contribution in [0.1, 0.15) is 24.2 Å². The lowest BCUT2D eigenvalue weighted by atomic mass is 9.75. The molecule has 0 radical (unpaired) electrons. The van der Waals surface area contributed by atoms with Gasteiger partial charge in [0.1, 0.15) is 11.6 Å². The third-order valence-corrected chi connectivity index (χ3v) is 6.96. The predicted octanol–water partition coefficient (Wildman–Crippen LogP) is 3.10. The van der Waals surface area contributed by atoms with Gasteiger partial charge >= 0.3 is 0 Å². The van der Waals surface area contributed by atoms with Gasteiger partial charge in [-0.15, -0.1) is 0 Å². The highest BCUT2D eigenvalue weighted by molar-refractivity contribution is 6.43. The van der Waals surface area contributed by atoms with E-state index in [9.17, 15) is 4.79 Å². The van der Waals surface area contributed by atoms with Crippen LogP contribution in [0.2, 0.25) is 10.0 Å². The molecule has 28 heavy (non-hydrogen) atoms. The van der Waals surface area contributed by atoms with Gasteiger partial charge in [0.05, 0.1) is 34.5 Å². The molecule has 2 saturated heterocycles. The molecule has 1 aromatic heterocycles. The van der Waals surface area contributed by atoms with Crippen molar-refractivity contribution in [3.8, 4) is 5.69 Å². The largest absolute Gasteiger partial charge is 0.379 e. The van der Waals surface area contributed by atoms with Crippen molar-refractivity contribution in [2.24, 2.45) is 11.1 Å². The molecule has 8 heteroatoms. The van der Waals surface area contributed by atoms with Crippen LogP contribution in [0.5, 0.6) is 0 Å². The molecule has 2 N–H and O–H groups in total. The summed E-state index contributed by atoms with van der Waals surface area (Å²) in [4.78, 5) is 20.1. The number of nitrogens with two attached hydrogens (primary N) is 1. The third kappa shape index (κ3) is 3.12. The quantitative estimate of drug-likeness (QED) is 0.804. The maximum Gasteiger partial charge on any atom is 0.263 e. The lowest BCUT2D eigenvalue weighted by Gasteiger charge is -2.41. The van der Waals surface area contributed by atoms with Gasteiger partial charge in [-0.05, 0) is 38.8 Å². The average molecular weight is 423 g/mol. The average Bonchev–Trinajstić information content (AvgIpc) is 3.02. The van der Waals surface area contributed by atoms with E-state index < -0.39 is 0 Å². The standard InChI is InChI=1S/C20H24Cl2N4O2/c1-12-18(25-8-6-20(7-9-25)11-28-10-16(20)23)24-13(2)26(19(12)27)15-5-3-4-14(21)17(15)22/h3-5,16H,6-11,23H2,1-2H3/t16-/m0/s1. The fourth-order valence-corrected chi connectivity index (χ4v) is 4.69. The van der Waals surface area contributed by atoms with Gasteiger partial charge in [0.2, 0.25) is 0 Å². The molecule has 1 atom stereocenters. The van der Waals surface area contributed by atoms with Crippen molar-refractivity contribution in [2.45, 2.75) is 32.7 Å². The van der Waals surface area contributed by atoms with Gasteiger partial charge < -0.3 is 15.4 Å². The van der Waals surface area contributed by atoms with Crippen LogP contribution in [0.25, 0.3) is 5.69 Å². The number of aromatic nitrogens is 2. The zero-order valence-corrected chi connectivity index (χ0v) is 17.6. The Hall–Kier alpha value is -1.60. The molecule has 3 heterocycles.